The first-order chi connectivity index (χ1) is 10.6. The Bertz CT molecular complexity index is 563. The second-order valence-electron chi connectivity index (χ2n) is 4.91. The third kappa shape index (κ3) is 4.37. The Labute approximate surface area is 128 Å². The Hall–Kier alpha value is -2.25. The molecule has 118 valence electrons. The highest BCUT2D eigenvalue weighted by Gasteiger charge is 2.19. The predicted molar refractivity (Wildman–Crippen MR) is 80.7 cm³/mol. The van der Waals surface area contributed by atoms with Gasteiger partial charge >= 0.3 is 5.97 Å². The van der Waals surface area contributed by atoms with Gasteiger partial charge in [-0.3, -0.25) is 14.5 Å². The first kappa shape index (κ1) is 16.1. The molecule has 2 N–H and O–H groups in total. The topological polar surface area (TPSA) is 94.2 Å². The average Bonchev–Trinajstić information content (AvgIpc) is 2.50. The molecule has 1 aromatic carbocycles. The van der Waals surface area contributed by atoms with Crippen molar-refractivity contribution in [2.24, 2.45) is 10.9 Å². The fourth-order valence-electron chi connectivity index (χ4n) is 2.19. The van der Waals surface area contributed by atoms with Crippen molar-refractivity contribution < 1.29 is 19.1 Å². The number of benzene rings is 1. The lowest BCUT2D eigenvalue weighted by atomic mass is 10.1. The van der Waals surface area contributed by atoms with Crippen LogP contribution in [-0.4, -0.2) is 55.2 Å². The number of hydrogen-bond acceptors (Lipinski definition) is 7. The first-order valence-electron chi connectivity index (χ1n) is 7.00. The van der Waals surface area contributed by atoms with Crippen LogP contribution in [0.2, 0.25) is 0 Å². The fourth-order valence-corrected chi connectivity index (χ4v) is 2.19. The Kier molecular flexibility index (Phi) is 5.62. The van der Waals surface area contributed by atoms with Crippen molar-refractivity contribution in [2.45, 2.75) is 6.92 Å². The highest BCUT2D eigenvalue weighted by Crippen LogP contribution is 2.13. The zero-order valence-corrected chi connectivity index (χ0v) is 12.4. The number of ketones is 1. The largest absolute Gasteiger partial charge is 0.427 e. The third-order valence-electron chi connectivity index (χ3n) is 3.25. The van der Waals surface area contributed by atoms with Gasteiger partial charge in [-0.25, -0.2) is 0 Å². The molecule has 7 heteroatoms. The van der Waals surface area contributed by atoms with Gasteiger partial charge in [-0.05, 0) is 24.3 Å². The Morgan fingerprint density at radius 1 is 1.27 bits per heavy atom. The summed E-state index contributed by atoms with van der Waals surface area (Å²) in [7, 11) is 0. The number of nitrogens with zero attached hydrogens (tertiary/aromatic N) is 2. The standard InChI is InChI=1S/C15H19N3O4/c1-11(19)22-13-4-2-12(3-5-13)15(17-16)14(20)10-18-6-8-21-9-7-18/h2-5H,6-10,16H2,1H3/b17-15+. The summed E-state index contributed by atoms with van der Waals surface area (Å²) in [6.07, 6.45) is 0. The van der Waals surface area contributed by atoms with Crippen LogP contribution in [0, 0.1) is 0 Å². The molecule has 1 aromatic rings. The van der Waals surface area contributed by atoms with Crippen LogP contribution in [0.5, 0.6) is 5.75 Å². The van der Waals surface area contributed by atoms with E-state index in [0.29, 0.717) is 24.5 Å². The highest BCUT2D eigenvalue weighted by atomic mass is 16.5. The zero-order valence-electron chi connectivity index (χ0n) is 12.4. The molecule has 0 bridgehead atoms. The number of nitrogens with two attached hydrogens (primary N) is 1. The molecule has 1 saturated heterocycles. The van der Waals surface area contributed by atoms with Crippen LogP contribution in [0.15, 0.2) is 29.4 Å². The smallest absolute Gasteiger partial charge is 0.308 e. The van der Waals surface area contributed by atoms with E-state index in [1.807, 2.05) is 4.90 Å². The van der Waals surface area contributed by atoms with E-state index >= 15 is 0 Å². The minimum Gasteiger partial charge on any atom is -0.427 e. The molecule has 1 fully saturated rings. The molecule has 0 atom stereocenters. The van der Waals surface area contributed by atoms with Crippen molar-refractivity contribution in [3.05, 3.63) is 29.8 Å². The molecule has 0 spiro atoms. The molecular formula is C15H19N3O4. The predicted octanol–water partition coefficient (Wildman–Crippen LogP) is 0.176. The molecule has 1 aliphatic rings. The van der Waals surface area contributed by atoms with E-state index in [1.165, 1.54) is 6.92 Å². The summed E-state index contributed by atoms with van der Waals surface area (Å²) in [5, 5.41) is 3.62. The second-order valence-corrected chi connectivity index (χ2v) is 4.91. The molecule has 1 aliphatic heterocycles. The van der Waals surface area contributed by atoms with Gasteiger partial charge in [-0.15, -0.1) is 0 Å². The molecule has 0 aliphatic carbocycles. The number of hydrogen-bond donors (Lipinski definition) is 1. The van der Waals surface area contributed by atoms with Crippen LogP contribution in [0.25, 0.3) is 0 Å². The van der Waals surface area contributed by atoms with Crippen LogP contribution in [-0.2, 0) is 14.3 Å². The molecular weight excluding hydrogens is 286 g/mol. The SMILES string of the molecule is CC(=O)Oc1ccc(/C(=N\N)C(=O)CN2CCOCC2)cc1. The molecule has 1 heterocycles. The van der Waals surface area contributed by atoms with E-state index in [4.69, 9.17) is 15.3 Å². The summed E-state index contributed by atoms with van der Waals surface area (Å²) < 4.78 is 10.2. The van der Waals surface area contributed by atoms with E-state index in [2.05, 4.69) is 5.10 Å². The number of morpholine rings is 1. The maximum absolute atomic E-state index is 12.3. The number of carbonyl (C=O) groups is 2. The molecule has 2 rings (SSSR count). The molecule has 0 amide bonds. The van der Waals surface area contributed by atoms with Crippen molar-refractivity contribution in [3.63, 3.8) is 0 Å². The van der Waals surface area contributed by atoms with E-state index in [9.17, 15) is 9.59 Å². The van der Waals surface area contributed by atoms with Crippen LogP contribution in [0.4, 0.5) is 0 Å². The van der Waals surface area contributed by atoms with Gasteiger partial charge < -0.3 is 15.3 Å². The monoisotopic (exact) mass is 305 g/mol. The van der Waals surface area contributed by atoms with E-state index in [1.54, 1.807) is 24.3 Å². The van der Waals surface area contributed by atoms with Gasteiger partial charge in [-0.1, -0.05) is 0 Å². The van der Waals surface area contributed by atoms with Crippen molar-refractivity contribution in [2.75, 3.05) is 32.8 Å². The van der Waals surface area contributed by atoms with Gasteiger partial charge in [0.15, 0.2) is 5.78 Å². The van der Waals surface area contributed by atoms with Crippen molar-refractivity contribution in [1.82, 2.24) is 4.90 Å². The lowest BCUT2D eigenvalue weighted by Gasteiger charge is -2.25. The van der Waals surface area contributed by atoms with Gasteiger partial charge in [0.2, 0.25) is 0 Å². The highest BCUT2D eigenvalue weighted by molar-refractivity contribution is 6.46. The average molecular weight is 305 g/mol. The summed E-state index contributed by atoms with van der Waals surface area (Å²) in [6, 6.07) is 6.51. The van der Waals surface area contributed by atoms with E-state index in [0.717, 1.165) is 13.1 Å². The lowest BCUT2D eigenvalue weighted by Crippen LogP contribution is -2.41. The number of ether oxygens (including phenoxy) is 2. The number of rotatable bonds is 5. The molecule has 0 unspecified atom stereocenters. The van der Waals surface area contributed by atoms with Gasteiger partial charge in [0, 0.05) is 25.6 Å². The summed E-state index contributed by atoms with van der Waals surface area (Å²) in [6.45, 7) is 4.26. The van der Waals surface area contributed by atoms with Crippen molar-refractivity contribution in [1.29, 1.82) is 0 Å². The van der Waals surface area contributed by atoms with Crippen molar-refractivity contribution in [3.8, 4) is 5.75 Å². The van der Waals surface area contributed by atoms with Crippen molar-refractivity contribution >= 4 is 17.5 Å². The maximum Gasteiger partial charge on any atom is 0.308 e. The second kappa shape index (κ2) is 7.67. The van der Waals surface area contributed by atoms with Crippen LogP contribution in [0.3, 0.4) is 0 Å². The number of carbonyl (C=O) groups excluding carboxylic acids is 2. The quantitative estimate of drug-likeness (QED) is 0.274. The normalized spacial score (nSPS) is 16.3. The van der Waals surface area contributed by atoms with Gasteiger partial charge in [-0.2, -0.15) is 5.10 Å². The van der Waals surface area contributed by atoms with Gasteiger partial charge in [0.05, 0.1) is 19.8 Å². The summed E-state index contributed by atoms with van der Waals surface area (Å²) in [4.78, 5) is 25.2. The first-order valence-corrected chi connectivity index (χ1v) is 7.00. The van der Waals surface area contributed by atoms with Gasteiger partial charge in [0.25, 0.3) is 0 Å². The summed E-state index contributed by atoms with van der Waals surface area (Å²) >= 11 is 0. The Balaban J connectivity index is 2.03. The summed E-state index contributed by atoms with van der Waals surface area (Å²) in [5.41, 5.74) is 0.803. The Morgan fingerprint density at radius 2 is 1.91 bits per heavy atom. The maximum atomic E-state index is 12.3. The molecule has 0 radical (unpaired) electrons. The third-order valence-corrected chi connectivity index (χ3v) is 3.25. The van der Waals surface area contributed by atoms with Gasteiger partial charge in [0.1, 0.15) is 11.5 Å². The molecule has 0 aromatic heterocycles. The molecule has 22 heavy (non-hydrogen) atoms. The number of hydrazone groups is 1. The molecule has 0 saturated carbocycles. The Morgan fingerprint density at radius 3 is 2.45 bits per heavy atom. The number of Topliss-reactive ketones (excluding diaryl/α,β-unsaturated/α-hetero) is 1. The fraction of sp³-hybridized carbons (Fsp3) is 0.400. The minimum atomic E-state index is -0.399. The van der Waals surface area contributed by atoms with Crippen LogP contribution < -0.4 is 10.6 Å². The van der Waals surface area contributed by atoms with E-state index < -0.39 is 5.97 Å². The summed E-state index contributed by atoms with van der Waals surface area (Å²) in [5.74, 6) is 5.23. The lowest BCUT2D eigenvalue weighted by molar-refractivity contribution is -0.131. The van der Waals surface area contributed by atoms with Crippen LogP contribution in [0.1, 0.15) is 12.5 Å². The van der Waals surface area contributed by atoms with Crippen LogP contribution >= 0.6 is 0 Å². The zero-order chi connectivity index (χ0) is 15.9. The number of esters is 1. The van der Waals surface area contributed by atoms with E-state index in [-0.39, 0.29) is 18.0 Å². The minimum absolute atomic E-state index is 0.148. The molecule has 7 nitrogen and oxygen atoms in total.